The normalized spacial score (nSPS) is 20.6. The summed E-state index contributed by atoms with van der Waals surface area (Å²) in [6, 6.07) is 0.493. The fourth-order valence-electron chi connectivity index (χ4n) is 3.38. The molecule has 0 bridgehead atoms. The summed E-state index contributed by atoms with van der Waals surface area (Å²) in [4.78, 5) is 7.05. The molecule has 3 heterocycles. The molecule has 1 N–H and O–H groups in total. The molecule has 0 atom stereocenters. The predicted molar refractivity (Wildman–Crippen MR) is 86.1 cm³/mol. The zero-order valence-corrected chi connectivity index (χ0v) is 13.2. The lowest BCUT2D eigenvalue weighted by Crippen LogP contribution is -2.39. The molecule has 2 fully saturated rings. The molecule has 6 nitrogen and oxygen atoms in total. The number of anilines is 1. The summed E-state index contributed by atoms with van der Waals surface area (Å²) >= 11 is 0. The fraction of sp³-hybridized carbons (Fsp3) is 0.688. The lowest BCUT2D eigenvalue weighted by atomic mass is 10.0. The van der Waals surface area contributed by atoms with Crippen molar-refractivity contribution < 1.29 is 0 Å². The fourth-order valence-corrected chi connectivity index (χ4v) is 3.38. The standard InChI is InChI=1S/C16H24N6/c1-2-8-21-9-5-13(6-10-21)18-14-16-20-19-15(12-3-4-12)22(16)11-7-17-14/h7,11-13H,2-6,8-10H2,1H3,(H,17,18). The van der Waals surface area contributed by atoms with Crippen LogP contribution < -0.4 is 5.32 Å². The van der Waals surface area contributed by atoms with Gasteiger partial charge in [0.25, 0.3) is 0 Å². The zero-order valence-electron chi connectivity index (χ0n) is 13.2. The molecule has 4 rings (SSSR count). The van der Waals surface area contributed by atoms with Gasteiger partial charge in [-0.1, -0.05) is 6.92 Å². The first-order valence-corrected chi connectivity index (χ1v) is 8.53. The molecule has 0 aromatic carbocycles. The van der Waals surface area contributed by atoms with E-state index in [9.17, 15) is 0 Å². The highest BCUT2D eigenvalue weighted by atomic mass is 15.3. The maximum absolute atomic E-state index is 4.50. The Kier molecular flexibility index (Phi) is 3.70. The second-order valence-electron chi connectivity index (χ2n) is 6.56. The van der Waals surface area contributed by atoms with Crippen LogP contribution in [0, 0.1) is 0 Å². The van der Waals surface area contributed by atoms with Gasteiger partial charge in [0, 0.05) is 37.4 Å². The first-order chi connectivity index (χ1) is 10.8. The zero-order chi connectivity index (χ0) is 14.9. The van der Waals surface area contributed by atoms with Gasteiger partial charge in [0.1, 0.15) is 5.82 Å². The number of hydrogen-bond donors (Lipinski definition) is 1. The van der Waals surface area contributed by atoms with Crippen LogP contribution in [0.2, 0.25) is 0 Å². The molecule has 6 heteroatoms. The van der Waals surface area contributed by atoms with Crippen molar-refractivity contribution in [3.8, 4) is 0 Å². The van der Waals surface area contributed by atoms with E-state index in [1.807, 2.05) is 12.4 Å². The van der Waals surface area contributed by atoms with Crippen molar-refractivity contribution in [3.05, 3.63) is 18.2 Å². The number of rotatable bonds is 5. The molecule has 1 aliphatic carbocycles. The van der Waals surface area contributed by atoms with E-state index in [2.05, 4.69) is 36.7 Å². The lowest BCUT2D eigenvalue weighted by molar-refractivity contribution is 0.219. The van der Waals surface area contributed by atoms with E-state index >= 15 is 0 Å². The Morgan fingerprint density at radius 3 is 2.73 bits per heavy atom. The summed E-state index contributed by atoms with van der Waals surface area (Å²) in [7, 11) is 0. The van der Waals surface area contributed by atoms with Crippen LogP contribution in [0.15, 0.2) is 12.4 Å². The minimum absolute atomic E-state index is 0.493. The van der Waals surface area contributed by atoms with Gasteiger partial charge in [-0.3, -0.25) is 4.40 Å². The van der Waals surface area contributed by atoms with Crippen LogP contribution in [0.4, 0.5) is 5.82 Å². The molecule has 1 aliphatic heterocycles. The Morgan fingerprint density at radius 1 is 1.18 bits per heavy atom. The van der Waals surface area contributed by atoms with Crippen molar-refractivity contribution in [2.24, 2.45) is 0 Å². The largest absolute Gasteiger partial charge is 0.364 e. The van der Waals surface area contributed by atoms with Crippen LogP contribution in [-0.2, 0) is 0 Å². The van der Waals surface area contributed by atoms with Crippen LogP contribution >= 0.6 is 0 Å². The van der Waals surface area contributed by atoms with Gasteiger partial charge in [-0.2, -0.15) is 0 Å². The van der Waals surface area contributed by atoms with Crippen molar-refractivity contribution in [1.29, 1.82) is 0 Å². The van der Waals surface area contributed by atoms with Crippen LogP contribution in [-0.4, -0.2) is 50.2 Å². The number of piperidine rings is 1. The molecule has 1 saturated heterocycles. The summed E-state index contributed by atoms with van der Waals surface area (Å²) in [6.45, 7) is 5.82. The summed E-state index contributed by atoms with van der Waals surface area (Å²) in [5, 5.41) is 12.3. The van der Waals surface area contributed by atoms with Crippen molar-refractivity contribution in [2.75, 3.05) is 25.0 Å². The second-order valence-corrected chi connectivity index (χ2v) is 6.56. The van der Waals surface area contributed by atoms with Gasteiger partial charge < -0.3 is 10.2 Å². The monoisotopic (exact) mass is 300 g/mol. The molecule has 1 saturated carbocycles. The van der Waals surface area contributed by atoms with Gasteiger partial charge >= 0.3 is 0 Å². The molecular formula is C16H24N6. The number of nitrogens with zero attached hydrogens (tertiary/aromatic N) is 5. The van der Waals surface area contributed by atoms with E-state index in [-0.39, 0.29) is 0 Å². The minimum atomic E-state index is 0.493. The highest BCUT2D eigenvalue weighted by Gasteiger charge is 2.29. The molecule has 0 unspecified atom stereocenters. The smallest absolute Gasteiger partial charge is 0.203 e. The van der Waals surface area contributed by atoms with Crippen LogP contribution in [0.25, 0.3) is 5.65 Å². The third-order valence-corrected chi connectivity index (χ3v) is 4.76. The number of likely N-dealkylation sites (tertiary alicyclic amines) is 1. The van der Waals surface area contributed by atoms with Gasteiger partial charge in [0.2, 0.25) is 5.65 Å². The summed E-state index contributed by atoms with van der Waals surface area (Å²) in [5.41, 5.74) is 0.875. The highest BCUT2D eigenvalue weighted by Crippen LogP contribution is 2.39. The average Bonchev–Trinajstić information content (AvgIpc) is 3.29. The Bertz CT molecular complexity index is 639. The maximum Gasteiger partial charge on any atom is 0.203 e. The molecule has 0 amide bonds. The van der Waals surface area contributed by atoms with Crippen molar-refractivity contribution >= 4 is 11.5 Å². The van der Waals surface area contributed by atoms with E-state index in [4.69, 9.17) is 0 Å². The Labute approximate surface area is 130 Å². The summed E-state index contributed by atoms with van der Waals surface area (Å²) in [5.74, 6) is 2.58. The Morgan fingerprint density at radius 2 is 2.00 bits per heavy atom. The Balaban J connectivity index is 1.48. The second kappa shape index (κ2) is 5.83. The maximum atomic E-state index is 4.50. The van der Waals surface area contributed by atoms with Gasteiger partial charge in [0.15, 0.2) is 5.82 Å². The average molecular weight is 300 g/mol. The summed E-state index contributed by atoms with van der Waals surface area (Å²) in [6.07, 6.45) is 9.90. The van der Waals surface area contributed by atoms with Gasteiger partial charge in [-0.05, 0) is 38.6 Å². The van der Waals surface area contributed by atoms with Crippen molar-refractivity contribution in [2.45, 2.75) is 51.0 Å². The van der Waals surface area contributed by atoms with E-state index in [0.29, 0.717) is 12.0 Å². The van der Waals surface area contributed by atoms with Crippen LogP contribution in [0.5, 0.6) is 0 Å². The van der Waals surface area contributed by atoms with E-state index in [0.717, 1.165) is 17.3 Å². The quantitative estimate of drug-likeness (QED) is 0.918. The highest BCUT2D eigenvalue weighted by molar-refractivity contribution is 5.62. The van der Waals surface area contributed by atoms with Crippen LogP contribution in [0.1, 0.15) is 50.8 Å². The van der Waals surface area contributed by atoms with Crippen LogP contribution in [0.3, 0.4) is 0 Å². The molecule has 0 radical (unpaired) electrons. The van der Waals surface area contributed by atoms with Gasteiger partial charge in [0.05, 0.1) is 0 Å². The minimum Gasteiger partial charge on any atom is -0.364 e. The number of hydrogen-bond acceptors (Lipinski definition) is 5. The van der Waals surface area contributed by atoms with E-state index in [1.54, 1.807) is 0 Å². The first-order valence-electron chi connectivity index (χ1n) is 8.53. The molecule has 0 spiro atoms. The first kappa shape index (κ1) is 13.9. The third-order valence-electron chi connectivity index (χ3n) is 4.76. The van der Waals surface area contributed by atoms with Gasteiger partial charge in [-0.15, -0.1) is 10.2 Å². The molecule has 118 valence electrons. The summed E-state index contributed by atoms with van der Waals surface area (Å²) < 4.78 is 2.11. The number of fused-ring (bicyclic) bond motifs is 1. The SMILES string of the molecule is CCCN1CCC(Nc2nccn3c(C4CC4)nnc23)CC1. The lowest BCUT2D eigenvalue weighted by Gasteiger charge is -2.32. The molecule has 2 aromatic rings. The molecule has 2 aromatic heterocycles. The number of nitrogens with one attached hydrogen (secondary N) is 1. The molecule has 2 aliphatic rings. The third kappa shape index (κ3) is 2.67. The Hall–Kier alpha value is -1.69. The van der Waals surface area contributed by atoms with E-state index < -0.39 is 0 Å². The number of aromatic nitrogens is 4. The molecular weight excluding hydrogens is 276 g/mol. The topological polar surface area (TPSA) is 58.4 Å². The predicted octanol–water partition coefficient (Wildman–Crippen LogP) is 2.29. The van der Waals surface area contributed by atoms with E-state index in [1.165, 1.54) is 51.7 Å². The molecule has 22 heavy (non-hydrogen) atoms. The van der Waals surface area contributed by atoms with Crippen molar-refractivity contribution in [1.82, 2.24) is 24.5 Å². The van der Waals surface area contributed by atoms with Crippen molar-refractivity contribution in [3.63, 3.8) is 0 Å². The van der Waals surface area contributed by atoms with Gasteiger partial charge in [-0.25, -0.2) is 4.98 Å².